The van der Waals surface area contributed by atoms with E-state index in [-0.39, 0.29) is 16.9 Å². The average Bonchev–Trinajstić information content (AvgIpc) is 2.88. The minimum Gasteiger partial charge on any atom is -0.356 e. The summed E-state index contributed by atoms with van der Waals surface area (Å²) in [6.07, 6.45) is 6.03. The van der Waals surface area contributed by atoms with Crippen LogP contribution in [0.3, 0.4) is 0 Å². The van der Waals surface area contributed by atoms with Gasteiger partial charge in [0, 0.05) is 31.5 Å². The van der Waals surface area contributed by atoms with Gasteiger partial charge in [-0.2, -0.15) is 0 Å². The summed E-state index contributed by atoms with van der Waals surface area (Å²) in [5.41, 5.74) is 1.13. The van der Waals surface area contributed by atoms with E-state index in [0.717, 1.165) is 25.8 Å². The number of amides is 1. The molecule has 1 aliphatic heterocycles. The van der Waals surface area contributed by atoms with Crippen molar-refractivity contribution in [3.63, 3.8) is 0 Å². The summed E-state index contributed by atoms with van der Waals surface area (Å²) in [5, 5.41) is 6.29. The van der Waals surface area contributed by atoms with E-state index >= 15 is 0 Å². The van der Waals surface area contributed by atoms with Gasteiger partial charge in [0.15, 0.2) is 0 Å². The maximum atomic E-state index is 12.4. The van der Waals surface area contributed by atoms with E-state index in [2.05, 4.69) is 15.6 Å². The molecule has 0 bridgehead atoms. The van der Waals surface area contributed by atoms with Crippen LogP contribution < -0.4 is 16.2 Å². The largest absolute Gasteiger partial charge is 0.356 e. The quantitative estimate of drug-likeness (QED) is 0.863. The first kappa shape index (κ1) is 13.5. The number of hydrogen-bond acceptors (Lipinski definition) is 4. The van der Waals surface area contributed by atoms with Crippen molar-refractivity contribution < 1.29 is 4.79 Å². The van der Waals surface area contributed by atoms with Crippen LogP contribution >= 0.6 is 0 Å². The van der Waals surface area contributed by atoms with Crippen molar-refractivity contribution in [3.8, 4) is 0 Å². The molecule has 0 unspecified atom stereocenters. The van der Waals surface area contributed by atoms with E-state index in [4.69, 9.17) is 0 Å². The maximum Gasteiger partial charge on any atom is 0.262 e. The van der Waals surface area contributed by atoms with Crippen LogP contribution in [0.2, 0.25) is 0 Å². The molecule has 2 N–H and O–H groups in total. The van der Waals surface area contributed by atoms with Crippen molar-refractivity contribution >= 4 is 11.6 Å². The number of hydrogen-bond donors (Lipinski definition) is 2. The second-order valence-corrected chi connectivity index (χ2v) is 6.29. The molecule has 6 nitrogen and oxygen atoms in total. The van der Waals surface area contributed by atoms with Gasteiger partial charge in [0.05, 0.1) is 11.0 Å². The Morgan fingerprint density at radius 2 is 2.23 bits per heavy atom. The first-order valence-electron chi connectivity index (χ1n) is 7.65. The summed E-state index contributed by atoms with van der Waals surface area (Å²) in [5.74, 6) is 0.193. The van der Waals surface area contributed by atoms with Gasteiger partial charge in [0.1, 0.15) is 5.65 Å². The van der Waals surface area contributed by atoms with E-state index in [0.29, 0.717) is 23.8 Å². The highest BCUT2D eigenvalue weighted by Crippen LogP contribution is 2.46. The number of nitrogens with one attached hydrogen (secondary N) is 2. The van der Waals surface area contributed by atoms with Crippen LogP contribution in [0.4, 0.5) is 0 Å². The van der Waals surface area contributed by atoms with Crippen molar-refractivity contribution in [3.05, 3.63) is 46.5 Å². The smallest absolute Gasteiger partial charge is 0.262 e. The third-order valence-corrected chi connectivity index (χ3v) is 4.91. The van der Waals surface area contributed by atoms with Crippen LogP contribution in [0.1, 0.15) is 24.8 Å². The Hall–Kier alpha value is -2.21. The number of pyridine rings is 1. The van der Waals surface area contributed by atoms with Crippen LogP contribution in [-0.2, 0) is 11.3 Å². The Balaban J connectivity index is 1.44. The molecule has 0 aromatic carbocycles. The summed E-state index contributed by atoms with van der Waals surface area (Å²) in [4.78, 5) is 28.5. The number of nitrogens with zero attached hydrogens (tertiary/aromatic N) is 2. The fourth-order valence-corrected chi connectivity index (χ4v) is 3.57. The zero-order chi connectivity index (χ0) is 15.2. The van der Waals surface area contributed by atoms with Crippen molar-refractivity contribution in [2.45, 2.75) is 31.8 Å². The monoisotopic (exact) mass is 298 g/mol. The second kappa shape index (κ2) is 4.91. The topological polar surface area (TPSA) is 75.5 Å². The minimum absolute atomic E-state index is 0.0363. The number of carbonyl (C=O) groups excluding carboxylic acids is 1. The highest BCUT2D eigenvalue weighted by atomic mass is 16.2. The Morgan fingerprint density at radius 3 is 3.00 bits per heavy atom. The zero-order valence-electron chi connectivity index (χ0n) is 12.2. The fourth-order valence-electron chi connectivity index (χ4n) is 3.57. The summed E-state index contributed by atoms with van der Waals surface area (Å²) in [6.45, 7) is 1.29. The van der Waals surface area contributed by atoms with Crippen LogP contribution in [-0.4, -0.2) is 27.9 Å². The molecular formula is C16H18N4O2. The molecule has 2 fully saturated rings. The third kappa shape index (κ3) is 2.02. The Morgan fingerprint density at radius 1 is 1.36 bits per heavy atom. The van der Waals surface area contributed by atoms with Gasteiger partial charge in [-0.05, 0) is 31.4 Å². The minimum atomic E-state index is -0.144. The fraction of sp³-hybridized carbons (Fsp3) is 0.438. The molecule has 114 valence electrons. The van der Waals surface area contributed by atoms with Gasteiger partial charge in [-0.3, -0.25) is 14.0 Å². The Kier molecular flexibility index (Phi) is 3.00. The molecule has 2 aromatic rings. The molecule has 22 heavy (non-hydrogen) atoms. The molecule has 2 aromatic heterocycles. The van der Waals surface area contributed by atoms with Gasteiger partial charge < -0.3 is 10.6 Å². The van der Waals surface area contributed by atoms with E-state index < -0.39 is 0 Å². The predicted molar refractivity (Wildman–Crippen MR) is 81.4 cm³/mol. The lowest BCUT2D eigenvalue weighted by Gasteiger charge is -2.43. The Labute approximate surface area is 127 Å². The summed E-state index contributed by atoms with van der Waals surface area (Å²) < 4.78 is 1.56. The lowest BCUT2D eigenvalue weighted by Crippen LogP contribution is -2.52. The standard InChI is InChI=1S/C16H18N4O2/c21-14-11(10-19-13-3-1-2-6-20(13)14)9-18-12-7-16(8-12)4-5-17-15(16)22/h1-3,6,10,12,18H,4-5,7-9H2,(H,17,22). The number of carbonyl (C=O) groups is 1. The van der Waals surface area contributed by atoms with Gasteiger partial charge in [-0.1, -0.05) is 6.07 Å². The molecule has 1 saturated carbocycles. The Bertz CT molecular complexity index is 792. The average molecular weight is 298 g/mol. The molecule has 1 amide bonds. The molecule has 1 aliphatic carbocycles. The molecule has 1 saturated heterocycles. The van der Waals surface area contributed by atoms with E-state index in [1.807, 2.05) is 18.2 Å². The first-order chi connectivity index (χ1) is 10.7. The van der Waals surface area contributed by atoms with E-state index in [1.165, 1.54) is 0 Å². The van der Waals surface area contributed by atoms with E-state index in [9.17, 15) is 9.59 Å². The van der Waals surface area contributed by atoms with Crippen molar-refractivity contribution in [2.24, 2.45) is 5.41 Å². The van der Waals surface area contributed by atoms with E-state index in [1.54, 1.807) is 16.8 Å². The van der Waals surface area contributed by atoms with Crippen molar-refractivity contribution in [2.75, 3.05) is 6.54 Å². The van der Waals surface area contributed by atoms with Crippen LogP contribution in [0.15, 0.2) is 35.4 Å². The van der Waals surface area contributed by atoms with Crippen molar-refractivity contribution in [1.29, 1.82) is 0 Å². The molecule has 2 aliphatic rings. The SMILES string of the molecule is O=C1NCCC12CC(NCc1cnc3ccccn3c1=O)C2. The highest BCUT2D eigenvalue weighted by Gasteiger charge is 2.52. The molecule has 3 heterocycles. The molecule has 4 rings (SSSR count). The lowest BCUT2D eigenvalue weighted by atomic mass is 9.64. The summed E-state index contributed by atoms with van der Waals surface area (Å²) in [6, 6.07) is 5.80. The number of aromatic nitrogens is 2. The first-order valence-corrected chi connectivity index (χ1v) is 7.65. The number of fused-ring (bicyclic) bond motifs is 1. The normalized spacial score (nSPS) is 27.1. The number of rotatable bonds is 3. The molecule has 1 spiro atoms. The van der Waals surface area contributed by atoms with Crippen molar-refractivity contribution in [1.82, 2.24) is 20.0 Å². The van der Waals surface area contributed by atoms with Gasteiger partial charge in [0.2, 0.25) is 5.91 Å². The van der Waals surface area contributed by atoms with Gasteiger partial charge >= 0.3 is 0 Å². The molecular weight excluding hydrogens is 280 g/mol. The lowest BCUT2D eigenvalue weighted by molar-refractivity contribution is -0.133. The second-order valence-electron chi connectivity index (χ2n) is 6.29. The third-order valence-electron chi connectivity index (χ3n) is 4.91. The summed E-state index contributed by atoms with van der Waals surface area (Å²) >= 11 is 0. The molecule has 6 heteroatoms. The van der Waals surface area contributed by atoms with Crippen LogP contribution in [0.25, 0.3) is 5.65 Å². The zero-order valence-corrected chi connectivity index (χ0v) is 12.2. The molecule has 0 radical (unpaired) electrons. The van der Waals surface area contributed by atoms with Gasteiger partial charge in [0.25, 0.3) is 5.56 Å². The highest BCUT2D eigenvalue weighted by molar-refractivity contribution is 5.85. The van der Waals surface area contributed by atoms with Gasteiger partial charge in [-0.25, -0.2) is 4.98 Å². The summed E-state index contributed by atoms with van der Waals surface area (Å²) in [7, 11) is 0. The van der Waals surface area contributed by atoms with Crippen LogP contribution in [0, 0.1) is 5.41 Å². The maximum absolute atomic E-state index is 12.4. The van der Waals surface area contributed by atoms with Gasteiger partial charge in [-0.15, -0.1) is 0 Å². The predicted octanol–water partition coefficient (Wildman–Crippen LogP) is 0.453. The van der Waals surface area contributed by atoms with Crippen LogP contribution in [0.5, 0.6) is 0 Å². The molecule has 0 atom stereocenters.